The van der Waals surface area contributed by atoms with E-state index in [2.05, 4.69) is 0 Å². The number of ketones is 1. The molecule has 0 N–H and O–H groups in total. The largest absolute Gasteiger partial charge is 0.464 e. The Kier molecular flexibility index (Phi) is 4.74. The summed E-state index contributed by atoms with van der Waals surface area (Å²) in [6.07, 6.45) is 8.12. The normalized spacial score (nSPS) is 23.5. The van der Waals surface area contributed by atoms with Crippen molar-refractivity contribution in [1.82, 2.24) is 0 Å². The molecule has 88 valence electrons. The van der Waals surface area contributed by atoms with E-state index >= 15 is 0 Å². The highest BCUT2D eigenvalue weighted by molar-refractivity contribution is 6.17. The molecule has 0 bridgehead atoms. The quantitative estimate of drug-likeness (QED) is 0.549. The smallest absolute Gasteiger partial charge is 0.302 e. The van der Waals surface area contributed by atoms with Crippen molar-refractivity contribution in [3.05, 3.63) is 24.3 Å². The highest BCUT2D eigenvalue weighted by Crippen LogP contribution is 2.31. The predicted octanol–water partition coefficient (Wildman–Crippen LogP) is 2.25. The molecule has 1 unspecified atom stereocenters. The number of hydrogen-bond donors (Lipinski definition) is 0. The highest BCUT2D eigenvalue weighted by atomic mass is 35.5. The molecular formula is C12H15ClO3. The minimum atomic E-state index is -0.713. The van der Waals surface area contributed by atoms with Gasteiger partial charge in [-0.1, -0.05) is 18.2 Å². The van der Waals surface area contributed by atoms with Crippen LogP contribution >= 0.6 is 11.6 Å². The molecule has 3 nitrogen and oxygen atoms in total. The van der Waals surface area contributed by atoms with Gasteiger partial charge in [-0.3, -0.25) is 9.59 Å². The van der Waals surface area contributed by atoms with Crippen molar-refractivity contribution < 1.29 is 14.3 Å². The first kappa shape index (κ1) is 13.0. The molecule has 1 rings (SSSR count). The van der Waals surface area contributed by atoms with Gasteiger partial charge in [0.05, 0.1) is 5.41 Å². The standard InChI is InChI=1S/C12H15ClO3/c1-10(14)16-9-12(7-4-8-13)6-3-2-5-11(12)15/h2-3,5-6H,4,7-9H2,1H3. The zero-order valence-electron chi connectivity index (χ0n) is 9.24. The van der Waals surface area contributed by atoms with Crippen LogP contribution in [0.2, 0.25) is 0 Å². The van der Waals surface area contributed by atoms with Crippen molar-refractivity contribution in [2.75, 3.05) is 12.5 Å². The topological polar surface area (TPSA) is 43.4 Å². The van der Waals surface area contributed by atoms with Gasteiger partial charge < -0.3 is 4.74 Å². The van der Waals surface area contributed by atoms with Gasteiger partial charge in [0, 0.05) is 12.8 Å². The maximum atomic E-state index is 11.9. The Bertz CT molecular complexity index is 333. The first-order valence-corrected chi connectivity index (χ1v) is 5.74. The summed E-state index contributed by atoms with van der Waals surface area (Å²) in [4.78, 5) is 22.7. The van der Waals surface area contributed by atoms with Crippen LogP contribution < -0.4 is 0 Å². The Labute approximate surface area is 100 Å². The van der Waals surface area contributed by atoms with E-state index in [-0.39, 0.29) is 18.4 Å². The molecule has 0 aromatic rings. The van der Waals surface area contributed by atoms with Crippen LogP contribution in [0, 0.1) is 5.41 Å². The maximum Gasteiger partial charge on any atom is 0.302 e. The van der Waals surface area contributed by atoms with Crippen LogP contribution in [0.15, 0.2) is 24.3 Å². The first-order valence-electron chi connectivity index (χ1n) is 5.20. The van der Waals surface area contributed by atoms with Gasteiger partial charge in [-0.05, 0) is 18.9 Å². The molecule has 0 amide bonds. The summed E-state index contributed by atoms with van der Waals surface area (Å²) >= 11 is 5.63. The van der Waals surface area contributed by atoms with Crippen LogP contribution in [0.5, 0.6) is 0 Å². The maximum absolute atomic E-state index is 11.9. The Morgan fingerprint density at radius 2 is 2.25 bits per heavy atom. The van der Waals surface area contributed by atoms with Crippen molar-refractivity contribution in [3.8, 4) is 0 Å². The first-order chi connectivity index (χ1) is 7.60. The lowest BCUT2D eigenvalue weighted by Gasteiger charge is -2.28. The fraction of sp³-hybridized carbons (Fsp3) is 0.500. The molecule has 1 aliphatic rings. The predicted molar refractivity (Wildman–Crippen MR) is 62.3 cm³/mol. The molecule has 0 aromatic heterocycles. The molecule has 0 aliphatic heterocycles. The molecule has 0 spiro atoms. The molecule has 4 heteroatoms. The minimum absolute atomic E-state index is 0.0265. The van der Waals surface area contributed by atoms with Gasteiger partial charge in [-0.15, -0.1) is 11.6 Å². The van der Waals surface area contributed by atoms with E-state index in [0.717, 1.165) is 0 Å². The molecule has 0 radical (unpaired) electrons. The summed E-state index contributed by atoms with van der Waals surface area (Å²) in [5, 5.41) is 0. The van der Waals surface area contributed by atoms with Gasteiger partial charge >= 0.3 is 5.97 Å². The average molecular weight is 243 g/mol. The Hall–Kier alpha value is -1.09. The Morgan fingerprint density at radius 1 is 1.50 bits per heavy atom. The number of rotatable bonds is 5. The number of esters is 1. The van der Waals surface area contributed by atoms with Crippen LogP contribution in [0.1, 0.15) is 19.8 Å². The number of allylic oxidation sites excluding steroid dienone is 3. The van der Waals surface area contributed by atoms with E-state index in [1.165, 1.54) is 13.0 Å². The SMILES string of the molecule is CC(=O)OCC1(CCCCl)C=CC=CC1=O. The van der Waals surface area contributed by atoms with E-state index in [1.54, 1.807) is 18.2 Å². The number of carbonyl (C=O) groups excluding carboxylic acids is 2. The van der Waals surface area contributed by atoms with Crippen LogP contribution in [-0.2, 0) is 14.3 Å². The van der Waals surface area contributed by atoms with Crippen LogP contribution in [0.3, 0.4) is 0 Å². The van der Waals surface area contributed by atoms with Crippen LogP contribution in [0.4, 0.5) is 0 Å². The van der Waals surface area contributed by atoms with Crippen molar-refractivity contribution in [3.63, 3.8) is 0 Å². The third-order valence-corrected chi connectivity index (χ3v) is 2.82. The van der Waals surface area contributed by atoms with Gasteiger partial charge in [0.15, 0.2) is 5.78 Å². The summed E-state index contributed by atoms with van der Waals surface area (Å²) in [5.74, 6) is 0.0921. The number of alkyl halides is 1. The average Bonchev–Trinajstić information content (AvgIpc) is 2.27. The summed E-state index contributed by atoms with van der Waals surface area (Å²) in [6, 6.07) is 0. The van der Waals surface area contributed by atoms with E-state index in [0.29, 0.717) is 18.7 Å². The lowest BCUT2D eigenvalue weighted by Crippen LogP contribution is -2.35. The summed E-state index contributed by atoms with van der Waals surface area (Å²) in [6.45, 7) is 1.43. The molecule has 0 heterocycles. The zero-order valence-corrected chi connectivity index (χ0v) is 10.00. The van der Waals surface area contributed by atoms with Crippen molar-refractivity contribution in [2.45, 2.75) is 19.8 Å². The Morgan fingerprint density at radius 3 is 2.81 bits per heavy atom. The van der Waals surface area contributed by atoms with Gasteiger partial charge in [0.1, 0.15) is 6.61 Å². The van der Waals surface area contributed by atoms with Crippen molar-refractivity contribution in [2.24, 2.45) is 5.41 Å². The van der Waals surface area contributed by atoms with Gasteiger partial charge in [0.25, 0.3) is 0 Å². The molecule has 0 fully saturated rings. The van der Waals surface area contributed by atoms with Gasteiger partial charge in [-0.2, -0.15) is 0 Å². The van der Waals surface area contributed by atoms with Gasteiger partial charge in [0.2, 0.25) is 0 Å². The second kappa shape index (κ2) is 5.85. The minimum Gasteiger partial charge on any atom is -0.464 e. The monoisotopic (exact) mass is 242 g/mol. The van der Waals surface area contributed by atoms with Crippen molar-refractivity contribution >= 4 is 23.4 Å². The lowest BCUT2D eigenvalue weighted by molar-refractivity contribution is -0.145. The lowest BCUT2D eigenvalue weighted by atomic mass is 9.77. The molecule has 0 aromatic carbocycles. The fourth-order valence-electron chi connectivity index (χ4n) is 1.64. The van der Waals surface area contributed by atoms with E-state index < -0.39 is 5.41 Å². The third kappa shape index (κ3) is 3.20. The van der Waals surface area contributed by atoms with Crippen LogP contribution in [0.25, 0.3) is 0 Å². The molecule has 1 aliphatic carbocycles. The summed E-state index contributed by atoms with van der Waals surface area (Å²) in [7, 11) is 0. The summed E-state index contributed by atoms with van der Waals surface area (Å²) in [5.41, 5.74) is -0.713. The number of hydrogen-bond acceptors (Lipinski definition) is 3. The molecule has 1 atom stereocenters. The van der Waals surface area contributed by atoms with Gasteiger partial charge in [-0.25, -0.2) is 0 Å². The second-order valence-corrected chi connectivity index (χ2v) is 4.19. The molecule has 0 saturated heterocycles. The van der Waals surface area contributed by atoms with E-state index in [1.807, 2.05) is 0 Å². The van der Waals surface area contributed by atoms with Crippen molar-refractivity contribution in [1.29, 1.82) is 0 Å². The van der Waals surface area contributed by atoms with E-state index in [9.17, 15) is 9.59 Å². The summed E-state index contributed by atoms with van der Waals surface area (Å²) < 4.78 is 4.96. The zero-order chi connectivity index (χ0) is 12.0. The highest BCUT2D eigenvalue weighted by Gasteiger charge is 2.35. The van der Waals surface area contributed by atoms with Crippen LogP contribution in [-0.4, -0.2) is 24.2 Å². The second-order valence-electron chi connectivity index (χ2n) is 3.81. The Balaban J connectivity index is 2.75. The number of halogens is 1. The third-order valence-electron chi connectivity index (χ3n) is 2.55. The fourth-order valence-corrected chi connectivity index (χ4v) is 1.78. The molecular weight excluding hydrogens is 228 g/mol. The van der Waals surface area contributed by atoms with E-state index in [4.69, 9.17) is 16.3 Å². The number of ether oxygens (including phenoxy) is 1. The molecule has 16 heavy (non-hydrogen) atoms. The number of carbonyl (C=O) groups is 2. The molecule has 0 saturated carbocycles.